The summed E-state index contributed by atoms with van der Waals surface area (Å²) in [6.07, 6.45) is 6.64. The van der Waals surface area contributed by atoms with E-state index in [1.165, 1.54) is 37.7 Å². The molecule has 1 saturated carbocycles. The van der Waals surface area contributed by atoms with Crippen molar-refractivity contribution in [2.45, 2.75) is 51.9 Å². The van der Waals surface area contributed by atoms with Crippen LogP contribution in [0.4, 0.5) is 0 Å². The van der Waals surface area contributed by atoms with E-state index in [9.17, 15) is 0 Å². The number of hydrogen-bond acceptors (Lipinski definition) is 1. The Balaban J connectivity index is 1.78. The van der Waals surface area contributed by atoms with Gasteiger partial charge in [-0.05, 0) is 61.7 Å². The average molecular weight is 245 g/mol. The molecule has 1 unspecified atom stereocenters. The van der Waals surface area contributed by atoms with Crippen LogP contribution in [0.5, 0.6) is 0 Å². The average Bonchev–Trinajstić information content (AvgIpc) is 2.30. The summed E-state index contributed by atoms with van der Waals surface area (Å²) in [5.74, 6) is 1.59. The van der Waals surface area contributed by atoms with Crippen LogP contribution in [0.2, 0.25) is 0 Å². The lowest BCUT2D eigenvalue weighted by atomic mass is 9.80. The van der Waals surface area contributed by atoms with Gasteiger partial charge in [-0.15, -0.1) is 0 Å². The molecule has 1 aromatic carbocycles. The molecule has 0 aromatic heterocycles. The fraction of sp³-hybridized carbons (Fsp3) is 0.647. The predicted octanol–water partition coefficient (Wildman–Crippen LogP) is 4.13. The smallest absolute Gasteiger partial charge is 0.00200 e. The van der Waals surface area contributed by atoms with E-state index in [2.05, 4.69) is 43.4 Å². The number of benzene rings is 1. The van der Waals surface area contributed by atoms with Gasteiger partial charge in [0.05, 0.1) is 0 Å². The second-order valence-corrected chi connectivity index (χ2v) is 5.88. The van der Waals surface area contributed by atoms with Crippen LogP contribution in [0.25, 0.3) is 0 Å². The van der Waals surface area contributed by atoms with Crippen molar-refractivity contribution in [3.05, 3.63) is 35.4 Å². The van der Waals surface area contributed by atoms with E-state index >= 15 is 0 Å². The summed E-state index contributed by atoms with van der Waals surface area (Å²) < 4.78 is 0. The first kappa shape index (κ1) is 13.6. The summed E-state index contributed by atoms with van der Waals surface area (Å²) in [6.45, 7) is 6.84. The van der Waals surface area contributed by atoms with Crippen molar-refractivity contribution in [1.29, 1.82) is 0 Å². The molecule has 0 heterocycles. The van der Waals surface area contributed by atoms with Crippen LogP contribution in [-0.2, 0) is 6.42 Å². The summed E-state index contributed by atoms with van der Waals surface area (Å²) in [7, 11) is 0. The standard InChI is InChI=1S/C17H27N/c1-3-11-18-13-14(2)12-15-7-9-17(10-8-15)16-5-4-6-16/h7-10,14,16,18H,3-6,11-13H2,1-2H3. The van der Waals surface area contributed by atoms with E-state index in [0.717, 1.165) is 24.9 Å². The molecule has 100 valence electrons. The lowest BCUT2D eigenvalue weighted by Gasteiger charge is -2.26. The van der Waals surface area contributed by atoms with E-state index in [1.54, 1.807) is 5.56 Å². The van der Waals surface area contributed by atoms with Gasteiger partial charge < -0.3 is 5.32 Å². The fourth-order valence-electron chi connectivity index (χ4n) is 2.67. The molecule has 1 heteroatoms. The van der Waals surface area contributed by atoms with Crippen molar-refractivity contribution in [1.82, 2.24) is 5.32 Å². The first-order valence-electron chi connectivity index (χ1n) is 7.59. The van der Waals surface area contributed by atoms with Crippen molar-refractivity contribution in [3.8, 4) is 0 Å². The minimum absolute atomic E-state index is 0.728. The van der Waals surface area contributed by atoms with Gasteiger partial charge in [0.15, 0.2) is 0 Å². The highest BCUT2D eigenvalue weighted by molar-refractivity contribution is 5.26. The molecular formula is C17H27N. The monoisotopic (exact) mass is 245 g/mol. The molecule has 1 aromatic rings. The Morgan fingerprint density at radius 1 is 1.22 bits per heavy atom. The maximum Gasteiger partial charge on any atom is -0.00200 e. The largest absolute Gasteiger partial charge is 0.316 e. The Morgan fingerprint density at radius 2 is 1.94 bits per heavy atom. The number of rotatable bonds is 7. The first-order valence-corrected chi connectivity index (χ1v) is 7.59. The van der Waals surface area contributed by atoms with Gasteiger partial charge in [-0.3, -0.25) is 0 Å². The maximum absolute atomic E-state index is 3.50. The highest BCUT2D eigenvalue weighted by Crippen LogP contribution is 2.36. The Morgan fingerprint density at radius 3 is 2.50 bits per heavy atom. The molecule has 18 heavy (non-hydrogen) atoms. The van der Waals surface area contributed by atoms with Crippen LogP contribution in [0.1, 0.15) is 56.6 Å². The molecule has 0 saturated heterocycles. The van der Waals surface area contributed by atoms with Crippen LogP contribution in [0.3, 0.4) is 0 Å². The molecule has 0 aliphatic heterocycles. The Kier molecular flexibility index (Phi) is 5.25. The molecule has 1 N–H and O–H groups in total. The summed E-state index contributed by atoms with van der Waals surface area (Å²) in [5.41, 5.74) is 3.05. The van der Waals surface area contributed by atoms with Crippen molar-refractivity contribution in [2.75, 3.05) is 13.1 Å². The molecule has 0 amide bonds. The van der Waals surface area contributed by atoms with E-state index < -0.39 is 0 Å². The highest BCUT2D eigenvalue weighted by atomic mass is 14.8. The SMILES string of the molecule is CCCNCC(C)Cc1ccc(C2CCC2)cc1. The molecular weight excluding hydrogens is 218 g/mol. The Hall–Kier alpha value is -0.820. The molecule has 1 aliphatic rings. The zero-order valence-corrected chi connectivity index (χ0v) is 11.9. The summed E-state index contributed by atoms with van der Waals surface area (Å²) in [5, 5.41) is 3.50. The maximum atomic E-state index is 3.50. The summed E-state index contributed by atoms with van der Waals surface area (Å²) >= 11 is 0. The van der Waals surface area contributed by atoms with Crippen molar-refractivity contribution in [2.24, 2.45) is 5.92 Å². The van der Waals surface area contributed by atoms with E-state index in [1.807, 2.05) is 0 Å². The third kappa shape index (κ3) is 3.84. The van der Waals surface area contributed by atoms with Crippen LogP contribution < -0.4 is 5.32 Å². The normalized spacial score (nSPS) is 17.4. The van der Waals surface area contributed by atoms with Crippen LogP contribution in [0.15, 0.2) is 24.3 Å². The first-order chi connectivity index (χ1) is 8.79. The Bertz CT molecular complexity index is 337. The van der Waals surface area contributed by atoms with Crippen LogP contribution in [0, 0.1) is 5.92 Å². The highest BCUT2D eigenvalue weighted by Gasteiger charge is 2.18. The molecule has 1 nitrogen and oxygen atoms in total. The van der Waals surface area contributed by atoms with Crippen molar-refractivity contribution in [3.63, 3.8) is 0 Å². The van der Waals surface area contributed by atoms with E-state index in [4.69, 9.17) is 0 Å². The van der Waals surface area contributed by atoms with Crippen LogP contribution >= 0.6 is 0 Å². The van der Waals surface area contributed by atoms with Gasteiger partial charge in [-0.2, -0.15) is 0 Å². The van der Waals surface area contributed by atoms with Gasteiger partial charge in [0, 0.05) is 0 Å². The van der Waals surface area contributed by atoms with Gasteiger partial charge in [0.1, 0.15) is 0 Å². The molecule has 0 bridgehead atoms. The second-order valence-electron chi connectivity index (χ2n) is 5.88. The molecule has 1 fully saturated rings. The van der Waals surface area contributed by atoms with Gasteiger partial charge in [-0.25, -0.2) is 0 Å². The lowest BCUT2D eigenvalue weighted by Crippen LogP contribution is -2.23. The number of hydrogen-bond donors (Lipinski definition) is 1. The zero-order chi connectivity index (χ0) is 12.8. The summed E-state index contributed by atoms with van der Waals surface area (Å²) in [6, 6.07) is 9.38. The third-order valence-electron chi connectivity index (χ3n) is 4.06. The van der Waals surface area contributed by atoms with E-state index in [-0.39, 0.29) is 0 Å². The molecule has 1 atom stereocenters. The van der Waals surface area contributed by atoms with Gasteiger partial charge >= 0.3 is 0 Å². The quantitative estimate of drug-likeness (QED) is 0.712. The molecule has 1 aliphatic carbocycles. The molecule has 0 spiro atoms. The minimum Gasteiger partial charge on any atom is -0.316 e. The topological polar surface area (TPSA) is 12.0 Å². The third-order valence-corrected chi connectivity index (χ3v) is 4.06. The summed E-state index contributed by atoms with van der Waals surface area (Å²) in [4.78, 5) is 0. The Labute approximate surface area is 112 Å². The fourth-order valence-corrected chi connectivity index (χ4v) is 2.67. The lowest BCUT2D eigenvalue weighted by molar-refractivity contribution is 0.419. The minimum atomic E-state index is 0.728. The zero-order valence-electron chi connectivity index (χ0n) is 11.9. The van der Waals surface area contributed by atoms with Gasteiger partial charge in [-0.1, -0.05) is 44.5 Å². The van der Waals surface area contributed by atoms with Crippen molar-refractivity contribution >= 4 is 0 Å². The number of nitrogens with one attached hydrogen (secondary N) is 1. The van der Waals surface area contributed by atoms with Gasteiger partial charge in [0.2, 0.25) is 0 Å². The van der Waals surface area contributed by atoms with Gasteiger partial charge in [0.25, 0.3) is 0 Å². The molecule has 2 rings (SSSR count). The second kappa shape index (κ2) is 6.94. The van der Waals surface area contributed by atoms with Crippen LogP contribution in [-0.4, -0.2) is 13.1 Å². The van der Waals surface area contributed by atoms with E-state index in [0.29, 0.717) is 0 Å². The predicted molar refractivity (Wildman–Crippen MR) is 79.1 cm³/mol. The van der Waals surface area contributed by atoms with Crippen molar-refractivity contribution < 1.29 is 0 Å². The molecule has 0 radical (unpaired) electrons.